The molecule has 1 aromatic heterocycles. The lowest BCUT2D eigenvalue weighted by atomic mass is 10.1. The van der Waals surface area contributed by atoms with Crippen LogP contribution in [0.25, 0.3) is 11.2 Å². The number of carbonyl (C=O) groups is 1. The molecule has 0 amide bonds. The lowest BCUT2D eigenvalue weighted by Gasteiger charge is -2.22. The first-order chi connectivity index (χ1) is 13.9. The van der Waals surface area contributed by atoms with Gasteiger partial charge in [-0.2, -0.15) is 0 Å². The van der Waals surface area contributed by atoms with Crippen LogP contribution in [0.15, 0.2) is 95.5 Å². The van der Waals surface area contributed by atoms with E-state index in [1.165, 1.54) is 23.5 Å². The van der Waals surface area contributed by atoms with E-state index in [0.29, 0.717) is 21.6 Å². The van der Waals surface area contributed by atoms with Crippen molar-refractivity contribution in [1.29, 1.82) is 0 Å². The van der Waals surface area contributed by atoms with E-state index >= 15 is 0 Å². The zero-order valence-electron chi connectivity index (χ0n) is 16.3. The molecule has 0 spiro atoms. The molecule has 0 radical (unpaired) electrons. The van der Waals surface area contributed by atoms with Crippen molar-refractivity contribution in [2.24, 2.45) is 0 Å². The van der Waals surface area contributed by atoms with Crippen LogP contribution < -0.4 is 0 Å². The Morgan fingerprint density at radius 1 is 0.862 bits per heavy atom. The van der Waals surface area contributed by atoms with Gasteiger partial charge in [0.15, 0.2) is 0 Å². The highest BCUT2D eigenvalue weighted by molar-refractivity contribution is 8.00. The van der Waals surface area contributed by atoms with Gasteiger partial charge < -0.3 is 4.74 Å². The number of hydrogen-bond acceptors (Lipinski definition) is 6. The SMILES string of the molecule is CC(C)(C)OC(=O)c1c(Sc2ccccc2)cc2ooc2c1Sc1ccccc1. The molecule has 0 atom stereocenters. The average Bonchev–Trinajstić information content (AvgIpc) is 2.64. The summed E-state index contributed by atoms with van der Waals surface area (Å²) >= 11 is 2.97. The molecule has 0 bridgehead atoms. The maximum atomic E-state index is 13.2. The van der Waals surface area contributed by atoms with Gasteiger partial charge in [0, 0.05) is 20.8 Å². The Bertz CT molecular complexity index is 1120. The third kappa shape index (κ3) is 4.54. The predicted octanol–water partition coefficient (Wildman–Crippen LogP) is 7.28. The Morgan fingerprint density at radius 2 is 1.45 bits per heavy atom. The monoisotopic (exact) mass is 424 g/mol. The van der Waals surface area contributed by atoms with Crippen molar-refractivity contribution >= 4 is 40.7 Å². The van der Waals surface area contributed by atoms with Crippen LogP contribution in [0.2, 0.25) is 0 Å². The number of hydrogen-bond donors (Lipinski definition) is 0. The van der Waals surface area contributed by atoms with E-state index in [9.17, 15) is 4.79 Å². The maximum Gasteiger partial charge on any atom is 0.341 e. The standard InChI is InChI=1S/C23H20O4S2/c1-23(2,3)25-22(24)19-18(28-15-10-6-4-7-11-15)14-17-20(27-26-17)21(19)29-16-12-8-5-9-13-16/h4-14H,1-3H3. The van der Waals surface area contributed by atoms with Gasteiger partial charge in [0.1, 0.15) is 5.60 Å². The summed E-state index contributed by atoms with van der Waals surface area (Å²) in [4.78, 5) is 16.7. The highest BCUT2D eigenvalue weighted by Gasteiger charge is 2.29. The molecule has 0 unspecified atom stereocenters. The molecule has 6 heteroatoms. The minimum Gasteiger partial charge on any atom is -0.456 e. The molecule has 1 heterocycles. The Hall–Kier alpha value is -2.57. The van der Waals surface area contributed by atoms with Gasteiger partial charge in [-0.05, 0) is 45.0 Å². The summed E-state index contributed by atoms with van der Waals surface area (Å²) < 4.78 is 16.2. The highest BCUT2D eigenvalue weighted by Crippen LogP contribution is 2.44. The van der Waals surface area contributed by atoms with E-state index < -0.39 is 5.60 Å². The lowest BCUT2D eigenvalue weighted by molar-refractivity contribution is 0.00582. The molecule has 3 aromatic carbocycles. The summed E-state index contributed by atoms with van der Waals surface area (Å²) in [5.74, 6) is -0.382. The zero-order chi connectivity index (χ0) is 20.4. The Kier molecular flexibility index (Phi) is 5.48. The normalized spacial score (nSPS) is 11.7. The van der Waals surface area contributed by atoms with Crippen molar-refractivity contribution in [2.75, 3.05) is 0 Å². The van der Waals surface area contributed by atoms with Crippen LogP contribution >= 0.6 is 23.5 Å². The number of rotatable bonds is 5. The van der Waals surface area contributed by atoms with Crippen LogP contribution in [0.1, 0.15) is 31.1 Å². The highest BCUT2D eigenvalue weighted by atomic mass is 32.2. The van der Waals surface area contributed by atoms with Crippen LogP contribution in [-0.4, -0.2) is 11.6 Å². The molecular formula is C23H20O4S2. The minimum atomic E-state index is -0.610. The second kappa shape index (κ2) is 8.05. The summed E-state index contributed by atoms with van der Waals surface area (Å²) in [5.41, 5.74) is 1.07. The molecule has 0 saturated heterocycles. The predicted molar refractivity (Wildman–Crippen MR) is 115 cm³/mol. The zero-order valence-corrected chi connectivity index (χ0v) is 17.9. The van der Waals surface area contributed by atoms with Crippen molar-refractivity contribution in [3.05, 3.63) is 72.3 Å². The van der Waals surface area contributed by atoms with Crippen LogP contribution in [0.3, 0.4) is 0 Å². The second-order valence-electron chi connectivity index (χ2n) is 7.40. The Morgan fingerprint density at radius 3 is 1.97 bits per heavy atom. The fourth-order valence-corrected chi connectivity index (χ4v) is 4.83. The number of fused-ring (bicyclic) bond motifs is 1. The van der Waals surface area contributed by atoms with Crippen LogP contribution in [-0.2, 0) is 4.74 Å². The van der Waals surface area contributed by atoms with Crippen molar-refractivity contribution in [3.8, 4) is 0 Å². The van der Waals surface area contributed by atoms with Crippen LogP contribution in [0.4, 0.5) is 0 Å². The molecule has 148 valence electrons. The summed E-state index contributed by atoms with van der Waals surface area (Å²) in [7, 11) is 0. The summed E-state index contributed by atoms with van der Waals surface area (Å²) in [5, 5.41) is 0. The third-order valence-corrected chi connectivity index (χ3v) is 6.07. The van der Waals surface area contributed by atoms with Crippen molar-refractivity contribution in [3.63, 3.8) is 0 Å². The molecule has 4 aromatic rings. The second-order valence-corrected chi connectivity index (χ2v) is 9.60. The molecule has 0 aliphatic heterocycles. The van der Waals surface area contributed by atoms with Gasteiger partial charge in [-0.15, -0.1) is 0 Å². The number of esters is 1. The van der Waals surface area contributed by atoms with Gasteiger partial charge in [-0.25, -0.2) is 4.79 Å². The molecule has 0 N–H and O–H groups in total. The van der Waals surface area contributed by atoms with Crippen molar-refractivity contribution in [2.45, 2.75) is 46.0 Å². The van der Waals surface area contributed by atoms with E-state index in [-0.39, 0.29) is 5.97 Å². The molecule has 0 fully saturated rings. The number of ether oxygens (including phenoxy) is 1. The molecule has 0 saturated carbocycles. The fraction of sp³-hybridized carbons (Fsp3) is 0.174. The van der Waals surface area contributed by atoms with Crippen LogP contribution in [0.5, 0.6) is 0 Å². The van der Waals surface area contributed by atoms with E-state index in [2.05, 4.69) is 0 Å². The van der Waals surface area contributed by atoms with Gasteiger partial charge in [0.05, 0.1) is 10.5 Å². The van der Waals surface area contributed by atoms with Gasteiger partial charge in [-0.1, -0.05) is 59.9 Å². The molecule has 4 rings (SSSR count). The first kappa shape index (κ1) is 19.7. The van der Waals surface area contributed by atoms with Gasteiger partial charge in [-0.3, -0.25) is 9.15 Å². The third-order valence-electron chi connectivity index (χ3n) is 3.92. The Balaban J connectivity index is 1.84. The first-order valence-corrected chi connectivity index (χ1v) is 10.8. The first-order valence-electron chi connectivity index (χ1n) is 9.15. The van der Waals surface area contributed by atoms with Gasteiger partial charge >= 0.3 is 5.97 Å². The molecular weight excluding hydrogens is 404 g/mol. The van der Waals surface area contributed by atoms with E-state index in [0.717, 1.165) is 14.7 Å². The molecule has 29 heavy (non-hydrogen) atoms. The average molecular weight is 425 g/mol. The smallest absolute Gasteiger partial charge is 0.341 e. The maximum absolute atomic E-state index is 13.2. The topological polar surface area (TPSA) is 52.6 Å². The fourth-order valence-electron chi connectivity index (χ4n) is 2.71. The summed E-state index contributed by atoms with van der Waals surface area (Å²) in [6, 6.07) is 21.6. The van der Waals surface area contributed by atoms with E-state index in [4.69, 9.17) is 13.9 Å². The van der Waals surface area contributed by atoms with Crippen LogP contribution in [0, 0.1) is 0 Å². The number of carbonyl (C=O) groups excluding carboxylic acids is 1. The quantitative estimate of drug-likeness (QED) is 0.248. The van der Waals surface area contributed by atoms with Gasteiger partial charge in [0.25, 0.3) is 0 Å². The van der Waals surface area contributed by atoms with E-state index in [1.807, 2.05) is 87.5 Å². The lowest BCUT2D eigenvalue weighted by Crippen LogP contribution is -2.24. The van der Waals surface area contributed by atoms with Crippen molar-refractivity contribution in [1.82, 2.24) is 0 Å². The molecule has 4 nitrogen and oxygen atoms in total. The summed E-state index contributed by atoms with van der Waals surface area (Å²) in [6.45, 7) is 5.58. The minimum absolute atomic E-state index is 0.382. The Labute approximate surface area is 177 Å². The van der Waals surface area contributed by atoms with Gasteiger partial charge in [0.2, 0.25) is 11.2 Å². The molecule has 0 aliphatic carbocycles. The molecule has 0 aliphatic rings. The largest absolute Gasteiger partial charge is 0.456 e. The number of benzene rings is 3. The van der Waals surface area contributed by atoms with Crippen molar-refractivity contribution < 1.29 is 18.7 Å². The summed E-state index contributed by atoms with van der Waals surface area (Å²) in [6.07, 6.45) is 0. The van der Waals surface area contributed by atoms with E-state index in [1.54, 1.807) is 0 Å².